The summed E-state index contributed by atoms with van der Waals surface area (Å²) in [6, 6.07) is 5.60. The summed E-state index contributed by atoms with van der Waals surface area (Å²) in [6.45, 7) is 6.21. The maximum Gasteiger partial charge on any atom is 0.272 e. The summed E-state index contributed by atoms with van der Waals surface area (Å²) < 4.78 is 0. The predicted octanol–water partition coefficient (Wildman–Crippen LogP) is 2.19. The quantitative estimate of drug-likeness (QED) is 0.871. The molecule has 0 spiro atoms. The third-order valence-corrected chi connectivity index (χ3v) is 4.49. The van der Waals surface area contributed by atoms with Gasteiger partial charge in [-0.1, -0.05) is 6.07 Å². The normalized spacial score (nSPS) is 16.5. The lowest BCUT2D eigenvalue weighted by Crippen LogP contribution is -2.35. The minimum atomic E-state index is 0.0409. The zero-order valence-corrected chi connectivity index (χ0v) is 13.6. The fourth-order valence-electron chi connectivity index (χ4n) is 2.70. The van der Waals surface area contributed by atoms with Crippen molar-refractivity contribution in [1.29, 1.82) is 0 Å². The van der Waals surface area contributed by atoms with Gasteiger partial charge in [0.2, 0.25) is 0 Å². The van der Waals surface area contributed by atoms with Crippen LogP contribution in [0.5, 0.6) is 0 Å². The van der Waals surface area contributed by atoms with E-state index >= 15 is 0 Å². The van der Waals surface area contributed by atoms with Gasteiger partial charge in [0.25, 0.3) is 5.91 Å². The molecule has 0 radical (unpaired) electrons. The van der Waals surface area contributed by atoms with Gasteiger partial charge >= 0.3 is 0 Å². The summed E-state index contributed by atoms with van der Waals surface area (Å²) in [4.78, 5) is 25.5. The van der Waals surface area contributed by atoms with E-state index in [1.165, 1.54) is 0 Å². The summed E-state index contributed by atoms with van der Waals surface area (Å²) in [7, 11) is 0. The molecule has 0 unspecified atom stereocenters. The smallest absolute Gasteiger partial charge is 0.272 e. The molecule has 5 nitrogen and oxygen atoms in total. The molecule has 1 amide bonds. The van der Waals surface area contributed by atoms with Gasteiger partial charge in [-0.25, -0.2) is 9.97 Å². The first-order valence-corrected chi connectivity index (χ1v) is 8.49. The second-order valence-corrected chi connectivity index (χ2v) is 6.28. The summed E-state index contributed by atoms with van der Waals surface area (Å²) >= 11 is 1.63. The highest BCUT2D eigenvalue weighted by Gasteiger charge is 2.21. The van der Waals surface area contributed by atoms with E-state index in [-0.39, 0.29) is 5.91 Å². The number of aromatic nitrogens is 2. The molecule has 116 valence electrons. The predicted molar refractivity (Wildman–Crippen MR) is 86.9 cm³/mol. The van der Waals surface area contributed by atoms with E-state index in [1.807, 2.05) is 29.5 Å². The van der Waals surface area contributed by atoms with Crippen molar-refractivity contribution in [3.05, 3.63) is 46.2 Å². The summed E-state index contributed by atoms with van der Waals surface area (Å²) in [6.07, 6.45) is 0.988. The van der Waals surface area contributed by atoms with Crippen LogP contribution in [0.1, 0.15) is 28.3 Å². The third kappa shape index (κ3) is 3.69. The molecule has 0 N–H and O–H groups in total. The Bertz CT molecular complexity index is 629. The average molecular weight is 316 g/mol. The Morgan fingerprint density at radius 3 is 2.95 bits per heavy atom. The second kappa shape index (κ2) is 6.98. The number of aryl methyl sites for hydroxylation is 1. The van der Waals surface area contributed by atoms with Gasteiger partial charge in [0.05, 0.1) is 11.2 Å². The van der Waals surface area contributed by atoms with Crippen LogP contribution in [-0.2, 0) is 6.54 Å². The number of thiazole rings is 1. The highest BCUT2D eigenvalue weighted by atomic mass is 32.1. The highest BCUT2D eigenvalue weighted by Crippen LogP contribution is 2.11. The zero-order chi connectivity index (χ0) is 15.4. The lowest BCUT2D eigenvalue weighted by Gasteiger charge is -2.21. The van der Waals surface area contributed by atoms with E-state index in [0.717, 1.165) is 50.5 Å². The van der Waals surface area contributed by atoms with Crippen molar-refractivity contribution in [2.45, 2.75) is 19.9 Å². The lowest BCUT2D eigenvalue weighted by molar-refractivity contribution is 0.0755. The number of amides is 1. The Morgan fingerprint density at radius 1 is 1.27 bits per heavy atom. The van der Waals surface area contributed by atoms with Crippen molar-refractivity contribution in [2.75, 3.05) is 26.2 Å². The Balaban J connectivity index is 1.61. The first-order valence-electron chi connectivity index (χ1n) is 7.55. The van der Waals surface area contributed by atoms with Crippen LogP contribution < -0.4 is 0 Å². The Labute approximate surface area is 134 Å². The topological polar surface area (TPSA) is 49.3 Å². The monoisotopic (exact) mass is 316 g/mol. The van der Waals surface area contributed by atoms with Crippen LogP contribution >= 0.6 is 11.3 Å². The Morgan fingerprint density at radius 2 is 2.18 bits per heavy atom. The molecular formula is C16H20N4OS. The molecule has 0 bridgehead atoms. The summed E-state index contributed by atoms with van der Waals surface area (Å²) in [5.74, 6) is 0.0409. The SMILES string of the molecule is Cc1cccc(C(=O)N2CCCN(Cc3cscn3)CC2)n1. The van der Waals surface area contributed by atoms with Crippen molar-refractivity contribution in [1.82, 2.24) is 19.8 Å². The number of hydrogen-bond acceptors (Lipinski definition) is 5. The minimum Gasteiger partial charge on any atom is -0.336 e. The molecular weight excluding hydrogens is 296 g/mol. The first kappa shape index (κ1) is 15.1. The molecule has 2 aromatic heterocycles. The van der Waals surface area contributed by atoms with E-state index in [2.05, 4.69) is 20.2 Å². The van der Waals surface area contributed by atoms with Gasteiger partial charge in [0.15, 0.2) is 0 Å². The molecule has 1 saturated heterocycles. The van der Waals surface area contributed by atoms with Crippen LogP contribution in [0.3, 0.4) is 0 Å². The van der Waals surface area contributed by atoms with E-state index in [4.69, 9.17) is 0 Å². The van der Waals surface area contributed by atoms with E-state index in [0.29, 0.717) is 5.69 Å². The van der Waals surface area contributed by atoms with Crippen LogP contribution in [0.4, 0.5) is 0 Å². The molecule has 3 heterocycles. The standard InChI is InChI=1S/C16H20N4OS/c1-13-4-2-5-15(18-13)16(21)20-7-3-6-19(8-9-20)10-14-11-22-12-17-14/h2,4-5,11-12H,3,6-10H2,1H3. The molecule has 0 saturated carbocycles. The summed E-state index contributed by atoms with van der Waals surface area (Å²) in [5.41, 5.74) is 4.41. The minimum absolute atomic E-state index is 0.0409. The number of hydrogen-bond donors (Lipinski definition) is 0. The van der Waals surface area contributed by atoms with Gasteiger partial charge in [0, 0.05) is 43.8 Å². The van der Waals surface area contributed by atoms with E-state index < -0.39 is 0 Å². The highest BCUT2D eigenvalue weighted by molar-refractivity contribution is 7.07. The van der Waals surface area contributed by atoms with Crippen LogP contribution in [0.2, 0.25) is 0 Å². The Hall–Kier alpha value is -1.79. The molecule has 0 atom stereocenters. The maximum absolute atomic E-state index is 12.6. The molecule has 2 aromatic rings. The van der Waals surface area contributed by atoms with Crippen LogP contribution in [-0.4, -0.2) is 51.9 Å². The fraction of sp³-hybridized carbons (Fsp3) is 0.438. The van der Waals surface area contributed by atoms with Crippen molar-refractivity contribution in [2.24, 2.45) is 0 Å². The van der Waals surface area contributed by atoms with Gasteiger partial charge in [-0.15, -0.1) is 11.3 Å². The Kier molecular flexibility index (Phi) is 4.80. The maximum atomic E-state index is 12.6. The second-order valence-electron chi connectivity index (χ2n) is 5.57. The van der Waals surface area contributed by atoms with E-state index in [1.54, 1.807) is 17.4 Å². The van der Waals surface area contributed by atoms with Crippen LogP contribution in [0, 0.1) is 6.92 Å². The van der Waals surface area contributed by atoms with E-state index in [9.17, 15) is 4.79 Å². The number of carbonyl (C=O) groups excluding carboxylic acids is 1. The largest absolute Gasteiger partial charge is 0.336 e. The van der Waals surface area contributed by atoms with Gasteiger partial charge < -0.3 is 4.90 Å². The third-order valence-electron chi connectivity index (χ3n) is 3.85. The van der Waals surface area contributed by atoms with Gasteiger partial charge in [-0.05, 0) is 25.5 Å². The number of pyridine rings is 1. The fourth-order valence-corrected chi connectivity index (χ4v) is 3.25. The van der Waals surface area contributed by atoms with Crippen LogP contribution in [0.25, 0.3) is 0 Å². The number of carbonyl (C=O) groups is 1. The molecule has 3 rings (SSSR count). The summed E-state index contributed by atoms with van der Waals surface area (Å²) in [5, 5.41) is 2.09. The lowest BCUT2D eigenvalue weighted by atomic mass is 10.2. The van der Waals surface area contributed by atoms with Crippen molar-refractivity contribution >= 4 is 17.2 Å². The molecule has 1 aliphatic rings. The van der Waals surface area contributed by atoms with Crippen molar-refractivity contribution in [3.63, 3.8) is 0 Å². The number of rotatable bonds is 3. The van der Waals surface area contributed by atoms with Gasteiger partial charge in [-0.3, -0.25) is 9.69 Å². The molecule has 1 fully saturated rings. The molecule has 22 heavy (non-hydrogen) atoms. The average Bonchev–Trinajstić information content (AvgIpc) is 2.91. The van der Waals surface area contributed by atoms with Crippen LogP contribution in [0.15, 0.2) is 29.1 Å². The number of nitrogens with zero attached hydrogens (tertiary/aromatic N) is 4. The molecule has 6 heteroatoms. The van der Waals surface area contributed by atoms with Crippen molar-refractivity contribution in [3.8, 4) is 0 Å². The zero-order valence-electron chi connectivity index (χ0n) is 12.7. The van der Waals surface area contributed by atoms with Gasteiger partial charge in [0.1, 0.15) is 5.69 Å². The molecule has 0 aliphatic carbocycles. The molecule has 1 aliphatic heterocycles. The van der Waals surface area contributed by atoms with Gasteiger partial charge in [-0.2, -0.15) is 0 Å². The first-order chi connectivity index (χ1) is 10.7. The van der Waals surface area contributed by atoms with Crippen molar-refractivity contribution < 1.29 is 4.79 Å². The molecule has 0 aromatic carbocycles.